The molecule has 1 aromatic carbocycles. The molecule has 0 spiro atoms. The lowest BCUT2D eigenvalue weighted by atomic mass is 10.0. The Morgan fingerprint density at radius 1 is 1.30 bits per heavy atom. The van der Waals surface area contributed by atoms with Gasteiger partial charge in [0.2, 0.25) is 0 Å². The molecule has 1 amide bonds. The van der Waals surface area contributed by atoms with E-state index in [0.29, 0.717) is 0 Å². The lowest BCUT2D eigenvalue weighted by Crippen LogP contribution is -2.35. The van der Waals surface area contributed by atoms with Crippen LogP contribution in [0.2, 0.25) is 0 Å². The SMILES string of the molecule is CNCCc1ccccc1C(=O)NC(C)CCN(C)C. The number of nitrogens with zero attached hydrogens (tertiary/aromatic N) is 1. The second kappa shape index (κ2) is 8.72. The third-order valence-corrected chi connectivity index (χ3v) is 3.29. The molecule has 4 heteroatoms. The smallest absolute Gasteiger partial charge is 0.251 e. The number of carbonyl (C=O) groups is 1. The minimum Gasteiger partial charge on any atom is -0.350 e. The average molecular weight is 277 g/mol. The molecule has 20 heavy (non-hydrogen) atoms. The van der Waals surface area contributed by atoms with Gasteiger partial charge in [-0.05, 0) is 65.6 Å². The first-order valence-electron chi connectivity index (χ1n) is 7.22. The van der Waals surface area contributed by atoms with Crippen molar-refractivity contribution in [2.45, 2.75) is 25.8 Å². The summed E-state index contributed by atoms with van der Waals surface area (Å²) in [4.78, 5) is 14.5. The van der Waals surface area contributed by atoms with Crippen molar-refractivity contribution in [1.82, 2.24) is 15.5 Å². The van der Waals surface area contributed by atoms with E-state index in [1.165, 1.54) is 0 Å². The zero-order valence-electron chi connectivity index (χ0n) is 13.1. The van der Waals surface area contributed by atoms with Crippen LogP contribution in [0.3, 0.4) is 0 Å². The zero-order chi connectivity index (χ0) is 15.0. The first-order chi connectivity index (χ1) is 9.54. The van der Waals surface area contributed by atoms with E-state index < -0.39 is 0 Å². The topological polar surface area (TPSA) is 44.4 Å². The summed E-state index contributed by atoms with van der Waals surface area (Å²) >= 11 is 0. The second-order valence-corrected chi connectivity index (χ2v) is 5.48. The molecule has 0 aliphatic rings. The van der Waals surface area contributed by atoms with Crippen LogP contribution >= 0.6 is 0 Å². The average Bonchev–Trinajstić information content (AvgIpc) is 2.43. The minimum atomic E-state index is 0.0305. The summed E-state index contributed by atoms with van der Waals surface area (Å²) in [6, 6.07) is 8.01. The van der Waals surface area contributed by atoms with Crippen molar-refractivity contribution < 1.29 is 4.79 Å². The fourth-order valence-electron chi connectivity index (χ4n) is 2.05. The monoisotopic (exact) mass is 277 g/mol. The molecule has 0 aromatic heterocycles. The zero-order valence-corrected chi connectivity index (χ0v) is 13.1. The van der Waals surface area contributed by atoms with E-state index in [-0.39, 0.29) is 11.9 Å². The molecule has 1 rings (SSSR count). The van der Waals surface area contributed by atoms with Gasteiger partial charge < -0.3 is 15.5 Å². The standard InChI is InChI=1S/C16H27N3O/c1-13(10-12-19(3)4)18-16(20)15-8-6-5-7-14(15)9-11-17-2/h5-8,13,17H,9-12H2,1-4H3,(H,18,20). The molecule has 2 N–H and O–H groups in total. The summed E-state index contributed by atoms with van der Waals surface area (Å²) in [6.45, 7) is 3.90. The largest absolute Gasteiger partial charge is 0.350 e. The first kappa shape index (κ1) is 16.7. The molecule has 0 fully saturated rings. The predicted octanol–water partition coefficient (Wildman–Crippen LogP) is 1.52. The van der Waals surface area contributed by atoms with Crippen molar-refractivity contribution in [2.75, 3.05) is 34.2 Å². The van der Waals surface area contributed by atoms with E-state index in [1.807, 2.05) is 45.4 Å². The van der Waals surface area contributed by atoms with E-state index in [0.717, 1.165) is 37.1 Å². The third-order valence-electron chi connectivity index (χ3n) is 3.29. The molecule has 0 saturated carbocycles. The van der Waals surface area contributed by atoms with E-state index in [1.54, 1.807) is 0 Å². The van der Waals surface area contributed by atoms with E-state index in [2.05, 4.69) is 22.5 Å². The molecule has 0 aliphatic carbocycles. The summed E-state index contributed by atoms with van der Waals surface area (Å²) < 4.78 is 0. The Kier molecular flexibility index (Phi) is 7.26. The van der Waals surface area contributed by atoms with Gasteiger partial charge in [-0.25, -0.2) is 0 Å². The summed E-state index contributed by atoms with van der Waals surface area (Å²) in [5, 5.41) is 6.20. The Morgan fingerprint density at radius 2 is 2.00 bits per heavy atom. The molecule has 1 aromatic rings. The maximum atomic E-state index is 12.3. The van der Waals surface area contributed by atoms with Gasteiger partial charge in [0.15, 0.2) is 0 Å². The van der Waals surface area contributed by atoms with Gasteiger partial charge >= 0.3 is 0 Å². The lowest BCUT2D eigenvalue weighted by molar-refractivity contribution is 0.0936. The molecule has 0 aliphatic heterocycles. The highest BCUT2D eigenvalue weighted by molar-refractivity contribution is 5.95. The van der Waals surface area contributed by atoms with Crippen LogP contribution in [-0.4, -0.2) is 51.1 Å². The normalized spacial score (nSPS) is 12.4. The van der Waals surface area contributed by atoms with Crippen LogP contribution in [0, 0.1) is 0 Å². The number of rotatable bonds is 8. The molecule has 1 atom stereocenters. The fraction of sp³-hybridized carbons (Fsp3) is 0.562. The van der Waals surface area contributed by atoms with Crippen molar-refractivity contribution >= 4 is 5.91 Å². The van der Waals surface area contributed by atoms with E-state index in [9.17, 15) is 4.79 Å². The van der Waals surface area contributed by atoms with E-state index in [4.69, 9.17) is 0 Å². The Labute approximate surface area is 122 Å². The van der Waals surface area contributed by atoms with Crippen LogP contribution in [-0.2, 0) is 6.42 Å². The predicted molar refractivity (Wildman–Crippen MR) is 84.2 cm³/mol. The number of hydrogen-bond donors (Lipinski definition) is 2. The van der Waals surface area contributed by atoms with E-state index >= 15 is 0 Å². The van der Waals surface area contributed by atoms with Crippen LogP contribution in [0.4, 0.5) is 0 Å². The van der Waals surface area contributed by atoms with Gasteiger partial charge in [0.25, 0.3) is 5.91 Å². The summed E-state index contributed by atoms with van der Waals surface area (Å²) in [5.41, 5.74) is 1.89. The highest BCUT2D eigenvalue weighted by Gasteiger charge is 2.13. The van der Waals surface area contributed by atoms with Gasteiger partial charge in [0, 0.05) is 11.6 Å². The number of hydrogen-bond acceptors (Lipinski definition) is 3. The van der Waals surface area contributed by atoms with Gasteiger partial charge in [0.05, 0.1) is 0 Å². The number of amides is 1. The number of benzene rings is 1. The Morgan fingerprint density at radius 3 is 2.65 bits per heavy atom. The van der Waals surface area contributed by atoms with Crippen LogP contribution in [0.25, 0.3) is 0 Å². The molecule has 0 heterocycles. The summed E-state index contributed by atoms with van der Waals surface area (Å²) in [6.07, 6.45) is 1.82. The molecule has 4 nitrogen and oxygen atoms in total. The van der Waals surface area contributed by atoms with Crippen LogP contribution < -0.4 is 10.6 Å². The van der Waals surface area contributed by atoms with Crippen molar-refractivity contribution in [3.63, 3.8) is 0 Å². The minimum absolute atomic E-state index is 0.0305. The van der Waals surface area contributed by atoms with Crippen molar-refractivity contribution in [3.8, 4) is 0 Å². The van der Waals surface area contributed by atoms with Crippen LogP contribution in [0.1, 0.15) is 29.3 Å². The first-order valence-corrected chi connectivity index (χ1v) is 7.22. The highest BCUT2D eigenvalue weighted by atomic mass is 16.1. The fourth-order valence-corrected chi connectivity index (χ4v) is 2.05. The van der Waals surface area contributed by atoms with Crippen molar-refractivity contribution in [1.29, 1.82) is 0 Å². The Hall–Kier alpha value is -1.39. The molecule has 112 valence electrons. The lowest BCUT2D eigenvalue weighted by Gasteiger charge is -2.17. The highest BCUT2D eigenvalue weighted by Crippen LogP contribution is 2.10. The third kappa shape index (κ3) is 5.72. The number of nitrogens with one attached hydrogen (secondary N) is 2. The maximum Gasteiger partial charge on any atom is 0.251 e. The van der Waals surface area contributed by atoms with Crippen molar-refractivity contribution in [3.05, 3.63) is 35.4 Å². The van der Waals surface area contributed by atoms with Gasteiger partial charge in [0.1, 0.15) is 0 Å². The summed E-state index contributed by atoms with van der Waals surface area (Å²) in [7, 11) is 6.01. The quantitative estimate of drug-likeness (QED) is 0.757. The maximum absolute atomic E-state index is 12.3. The number of likely N-dealkylation sites (N-methyl/N-ethyl adjacent to an activating group) is 1. The molecule has 0 radical (unpaired) electrons. The van der Waals surface area contributed by atoms with Crippen molar-refractivity contribution in [2.24, 2.45) is 0 Å². The second-order valence-electron chi connectivity index (χ2n) is 5.48. The molecule has 0 saturated heterocycles. The van der Waals surface area contributed by atoms with Crippen LogP contribution in [0.15, 0.2) is 24.3 Å². The van der Waals surface area contributed by atoms with Gasteiger partial charge in [-0.1, -0.05) is 18.2 Å². The Balaban J connectivity index is 2.62. The number of carbonyl (C=O) groups excluding carboxylic acids is 1. The summed E-state index contributed by atoms with van der Waals surface area (Å²) in [5.74, 6) is 0.0305. The molecule has 1 unspecified atom stereocenters. The Bertz CT molecular complexity index is 418. The van der Waals surface area contributed by atoms with Gasteiger partial charge in [-0.2, -0.15) is 0 Å². The van der Waals surface area contributed by atoms with Crippen LogP contribution in [0.5, 0.6) is 0 Å². The van der Waals surface area contributed by atoms with Gasteiger partial charge in [-0.15, -0.1) is 0 Å². The molecule has 0 bridgehead atoms. The molecular weight excluding hydrogens is 250 g/mol. The molecular formula is C16H27N3O. The van der Waals surface area contributed by atoms with Gasteiger partial charge in [-0.3, -0.25) is 4.79 Å².